The number of nitrogens with one attached hydrogen (secondary N) is 2. The molecule has 3 N–H and O–H groups in total. The predicted molar refractivity (Wildman–Crippen MR) is 201 cm³/mol. The Hall–Kier alpha value is -6.35. The second-order valence-corrected chi connectivity index (χ2v) is 13.4. The van der Waals surface area contributed by atoms with Crippen molar-refractivity contribution in [3.8, 4) is 11.3 Å². The van der Waals surface area contributed by atoms with Crippen LogP contribution >= 0.6 is 0 Å². The Morgan fingerprint density at radius 1 is 0.904 bits per heavy atom. The highest BCUT2D eigenvalue weighted by Crippen LogP contribution is 2.34. The predicted octanol–water partition coefficient (Wildman–Crippen LogP) is 7.26. The summed E-state index contributed by atoms with van der Waals surface area (Å²) < 4.78 is 0. The number of carboxylic acids is 1. The summed E-state index contributed by atoms with van der Waals surface area (Å²) in [6.45, 7) is 2.60. The van der Waals surface area contributed by atoms with E-state index in [2.05, 4.69) is 16.4 Å². The third kappa shape index (κ3) is 7.25. The number of aromatic nitrogens is 1. The minimum absolute atomic E-state index is 0.0311. The SMILES string of the molecule is CC1(c2ccc(C(CCC(=O)O)NC(=O)c3ccccc3)cc2)C=C(C(=O)Cc2ccc(-c3cc(C(=O)N4CCc5ccccc54)c[nH]3)cc2)C=N1. The number of carbonyl (C=O) groups is 4. The van der Waals surface area contributed by atoms with Crippen molar-refractivity contribution < 1.29 is 24.3 Å². The van der Waals surface area contributed by atoms with Crippen LogP contribution in [-0.4, -0.2) is 46.4 Å². The normalized spacial score (nSPS) is 16.6. The smallest absolute Gasteiger partial charge is 0.303 e. The van der Waals surface area contributed by atoms with Crippen molar-refractivity contribution in [2.75, 3.05) is 11.4 Å². The standard InChI is InChI=1S/C43H38N4O5/c1-43(35-17-15-29(16-18-35)36(19-20-40(49)50)46-41(51)32-8-3-2-4-9-32)25-34(27-45-43)39(48)23-28-11-13-30(14-12-28)37-24-33(26-44-37)42(52)47-22-21-31-7-5-6-10-38(31)47/h2-18,24-27,36,44H,19-23H2,1H3,(H,46,51)(H,49,50). The van der Waals surface area contributed by atoms with Crippen molar-refractivity contribution in [3.63, 3.8) is 0 Å². The molecule has 2 aliphatic heterocycles. The summed E-state index contributed by atoms with van der Waals surface area (Å²) >= 11 is 0. The molecule has 0 spiro atoms. The van der Waals surface area contributed by atoms with Crippen molar-refractivity contribution in [2.45, 2.75) is 44.2 Å². The summed E-state index contributed by atoms with van der Waals surface area (Å²) in [7, 11) is 0. The Morgan fingerprint density at radius 2 is 1.63 bits per heavy atom. The zero-order valence-electron chi connectivity index (χ0n) is 28.7. The summed E-state index contributed by atoms with van der Waals surface area (Å²) in [5, 5.41) is 12.3. The number of hydrogen-bond acceptors (Lipinski definition) is 5. The molecule has 0 saturated heterocycles. The molecule has 0 radical (unpaired) electrons. The Kier molecular flexibility index (Phi) is 9.50. The van der Waals surface area contributed by atoms with Crippen LogP contribution in [0, 0.1) is 0 Å². The molecule has 2 unspecified atom stereocenters. The Balaban J connectivity index is 0.987. The average molecular weight is 691 g/mol. The number of H-pyrrole nitrogens is 1. The van der Waals surface area contributed by atoms with Gasteiger partial charge in [0.2, 0.25) is 0 Å². The topological polar surface area (TPSA) is 132 Å². The van der Waals surface area contributed by atoms with E-state index < -0.39 is 17.6 Å². The lowest BCUT2D eigenvalue weighted by atomic mass is 9.89. The molecule has 2 amide bonds. The number of ketones is 1. The van der Waals surface area contributed by atoms with E-state index in [0.29, 0.717) is 23.2 Å². The minimum atomic E-state index is -0.936. The van der Waals surface area contributed by atoms with Gasteiger partial charge < -0.3 is 20.3 Å². The number of carboxylic acid groups (broad SMARTS) is 1. The molecule has 9 heteroatoms. The first-order chi connectivity index (χ1) is 25.2. The number of aliphatic imine (C=N–C) groups is 1. The number of rotatable bonds is 12. The molecule has 7 rings (SSSR count). The van der Waals surface area contributed by atoms with Crippen LogP contribution in [0.4, 0.5) is 5.69 Å². The van der Waals surface area contributed by atoms with E-state index in [1.54, 1.807) is 36.7 Å². The molecule has 1 aromatic heterocycles. The van der Waals surface area contributed by atoms with Crippen LogP contribution in [0.5, 0.6) is 0 Å². The van der Waals surface area contributed by atoms with Crippen LogP contribution in [0.3, 0.4) is 0 Å². The fourth-order valence-electron chi connectivity index (χ4n) is 6.84. The molecular formula is C43H38N4O5. The number of amides is 2. The fourth-order valence-corrected chi connectivity index (χ4v) is 6.84. The molecule has 3 heterocycles. The number of allylic oxidation sites excluding steroid dienone is 1. The van der Waals surface area contributed by atoms with Gasteiger partial charge in [-0.25, -0.2) is 0 Å². The highest BCUT2D eigenvalue weighted by atomic mass is 16.4. The quantitative estimate of drug-likeness (QED) is 0.127. The van der Waals surface area contributed by atoms with Gasteiger partial charge in [0.05, 0.1) is 11.6 Å². The molecule has 0 saturated carbocycles. The van der Waals surface area contributed by atoms with Crippen LogP contribution in [0.1, 0.15) is 68.8 Å². The van der Waals surface area contributed by atoms with Crippen molar-refractivity contribution >= 4 is 35.5 Å². The number of aromatic amines is 1. The number of benzene rings is 4. The summed E-state index contributed by atoms with van der Waals surface area (Å²) in [4.78, 5) is 60.6. The maximum Gasteiger partial charge on any atom is 0.303 e. The number of fused-ring (bicyclic) bond motifs is 1. The molecule has 9 nitrogen and oxygen atoms in total. The van der Waals surface area contributed by atoms with Crippen molar-refractivity contribution in [2.24, 2.45) is 4.99 Å². The molecule has 5 aromatic rings. The van der Waals surface area contributed by atoms with Gasteiger partial charge in [0.15, 0.2) is 5.78 Å². The van der Waals surface area contributed by atoms with Gasteiger partial charge in [-0.2, -0.15) is 0 Å². The van der Waals surface area contributed by atoms with E-state index in [4.69, 9.17) is 4.99 Å². The van der Waals surface area contributed by atoms with Gasteiger partial charge >= 0.3 is 5.97 Å². The largest absolute Gasteiger partial charge is 0.481 e. The molecule has 2 atom stereocenters. The van der Waals surface area contributed by atoms with E-state index in [0.717, 1.165) is 40.1 Å². The third-order valence-corrected chi connectivity index (χ3v) is 9.81. The lowest BCUT2D eigenvalue weighted by molar-refractivity contribution is -0.137. The van der Waals surface area contributed by atoms with E-state index in [-0.39, 0.29) is 36.9 Å². The lowest BCUT2D eigenvalue weighted by Gasteiger charge is -2.22. The molecule has 260 valence electrons. The Labute approximate surface area is 301 Å². The van der Waals surface area contributed by atoms with Gasteiger partial charge in [0.1, 0.15) is 5.54 Å². The first-order valence-corrected chi connectivity index (χ1v) is 17.3. The number of nitrogens with zero attached hydrogens (tertiary/aromatic N) is 2. The molecular weight excluding hydrogens is 652 g/mol. The monoisotopic (exact) mass is 690 g/mol. The molecule has 0 bridgehead atoms. The number of aliphatic carboxylic acids is 1. The first kappa shape index (κ1) is 34.1. The second kappa shape index (κ2) is 14.5. The van der Waals surface area contributed by atoms with Gasteiger partial charge in [-0.1, -0.05) is 84.9 Å². The fraction of sp³-hybridized carbons (Fsp3) is 0.186. The van der Waals surface area contributed by atoms with Crippen LogP contribution in [-0.2, 0) is 28.0 Å². The van der Waals surface area contributed by atoms with Gasteiger partial charge in [0.25, 0.3) is 11.8 Å². The maximum absolute atomic E-state index is 13.4. The van der Waals surface area contributed by atoms with E-state index in [1.807, 2.05) is 96.8 Å². The number of hydrogen-bond donors (Lipinski definition) is 3. The van der Waals surface area contributed by atoms with Crippen LogP contribution in [0.2, 0.25) is 0 Å². The van der Waals surface area contributed by atoms with Crippen molar-refractivity contribution in [1.29, 1.82) is 0 Å². The summed E-state index contributed by atoms with van der Waals surface area (Å²) in [6, 6.07) is 33.5. The zero-order valence-corrected chi connectivity index (χ0v) is 28.7. The zero-order chi connectivity index (χ0) is 36.2. The number of anilines is 1. The molecule has 2 aliphatic rings. The minimum Gasteiger partial charge on any atom is -0.481 e. The van der Waals surface area contributed by atoms with Crippen LogP contribution in [0.15, 0.2) is 132 Å². The van der Waals surface area contributed by atoms with Gasteiger partial charge in [-0.3, -0.25) is 24.2 Å². The first-order valence-electron chi connectivity index (χ1n) is 17.3. The summed E-state index contributed by atoms with van der Waals surface area (Å²) in [5.74, 6) is -1.29. The lowest BCUT2D eigenvalue weighted by Crippen LogP contribution is -2.29. The third-order valence-electron chi connectivity index (χ3n) is 9.81. The van der Waals surface area contributed by atoms with Gasteiger partial charge in [0, 0.05) is 54.3 Å². The summed E-state index contributed by atoms with van der Waals surface area (Å²) in [6.07, 6.45) is 6.44. The van der Waals surface area contributed by atoms with Crippen molar-refractivity contribution in [1.82, 2.24) is 10.3 Å². The van der Waals surface area contributed by atoms with E-state index in [1.165, 1.54) is 5.56 Å². The van der Waals surface area contributed by atoms with Crippen molar-refractivity contribution in [3.05, 3.63) is 160 Å². The van der Waals surface area contributed by atoms with Crippen LogP contribution in [0.25, 0.3) is 11.3 Å². The highest BCUT2D eigenvalue weighted by Gasteiger charge is 2.30. The molecule has 4 aromatic carbocycles. The number of para-hydroxylation sites is 1. The number of Topliss-reactive ketones (excluding diaryl/α,β-unsaturated/α-hetero) is 1. The molecule has 52 heavy (non-hydrogen) atoms. The summed E-state index contributed by atoms with van der Waals surface area (Å²) in [5.41, 5.74) is 7.28. The van der Waals surface area contributed by atoms with Crippen LogP contribution < -0.4 is 10.2 Å². The number of carbonyl (C=O) groups excluding carboxylic acids is 3. The van der Waals surface area contributed by atoms with E-state index in [9.17, 15) is 24.3 Å². The highest BCUT2D eigenvalue weighted by molar-refractivity contribution is 6.15. The van der Waals surface area contributed by atoms with E-state index >= 15 is 0 Å². The molecule has 0 fully saturated rings. The molecule has 0 aliphatic carbocycles. The maximum atomic E-state index is 13.4. The van der Waals surface area contributed by atoms with Gasteiger partial charge in [-0.15, -0.1) is 0 Å². The average Bonchev–Trinajstić information content (AvgIpc) is 3.93. The van der Waals surface area contributed by atoms with Gasteiger partial charge in [-0.05, 0) is 77.9 Å². The Morgan fingerprint density at radius 3 is 2.38 bits per heavy atom. The second-order valence-electron chi connectivity index (χ2n) is 13.4. The Bertz CT molecular complexity index is 2200.